The van der Waals surface area contributed by atoms with Crippen molar-refractivity contribution in [3.8, 4) is 0 Å². The number of rotatable bonds is 3. The lowest BCUT2D eigenvalue weighted by molar-refractivity contribution is 0.0938. The monoisotopic (exact) mass is 265 g/mol. The van der Waals surface area contributed by atoms with Crippen LogP contribution in [0.1, 0.15) is 35.3 Å². The second-order valence-corrected chi connectivity index (χ2v) is 5.89. The predicted octanol–water partition coefficient (Wildman–Crippen LogP) is 1.99. The fourth-order valence-corrected chi connectivity index (χ4v) is 3.12. The third-order valence-corrected chi connectivity index (χ3v) is 4.47. The number of nitrogens with two attached hydrogens (primary N) is 1. The molecule has 1 amide bonds. The van der Waals surface area contributed by atoms with Crippen LogP contribution in [0.3, 0.4) is 0 Å². The fourth-order valence-electron chi connectivity index (χ4n) is 2.32. The predicted molar refractivity (Wildman–Crippen MR) is 75.8 cm³/mol. The number of nitrogen functional groups attached to an aromatic ring is 1. The summed E-state index contributed by atoms with van der Waals surface area (Å²) < 4.78 is 0. The lowest BCUT2D eigenvalue weighted by Gasteiger charge is -2.13. The third-order valence-electron chi connectivity index (χ3n) is 3.37. The van der Waals surface area contributed by atoms with Gasteiger partial charge in [-0.05, 0) is 38.5 Å². The summed E-state index contributed by atoms with van der Waals surface area (Å²) in [5.74, 6) is -0.105. The molecule has 1 aromatic heterocycles. The highest BCUT2D eigenvalue weighted by atomic mass is 32.2. The molecular formula is C13H19N3OS. The summed E-state index contributed by atoms with van der Waals surface area (Å²) in [6.07, 6.45) is 6.95. The Labute approximate surface area is 112 Å². The van der Waals surface area contributed by atoms with Gasteiger partial charge in [-0.15, -0.1) is 0 Å². The summed E-state index contributed by atoms with van der Waals surface area (Å²) in [7, 11) is 0. The quantitative estimate of drug-likeness (QED) is 0.877. The van der Waals surface area contributed by atoms with Crippen LogP contribution in [0.15, 0.2) is 12.3 Å². The number of aryl methyl sites for hydroxylation is 1. The van der Waals surface area contributed by atoms with E-state index in [9.17, 15) is 4.79 Å². The average molecular weight is 265 g/mol. The maximum Gasteiger partial charge on any atom is 0.255 e. The SMILES string of the molecule is CSC1CCC(NC(=O)c2cnc(C)cc2N)C1. The minimum atomic E-state index is -0.105. The smallest absolute Gasteiger partial charge is 0.255 e. The molecule has 1 heterocycles. The number of nitrogens with zero attached hydrogens (tertiary/aromatic N) is 1. The first-order valence-corrected chi connectivity index (χ1v) is 7.44. The minimum Gasteiger partial charge on any atom is -0.398 e. The number of anilines is 1. The molecule has 0 aliphatic heterocycles. The number of amides is 1. The summed E-state index contributed by atoms with van der Waals surface area (Å²) in [6.45, 7) is 1.86. The van der Waals surface area contributed by atoms with Crippen molar-refractivity contribution in [1.82, 2.24) is 10.3 Å². The van der Waals surface area contributed by atoms with Gasteiger partial charge in [-0.1, -0.05) is 0 Å². The van der Waals surface area contributed by atoms with Crippen LogP contribution >= 0.6 is 11.8 Å². The van der Waals surface area contributed by atoms with Crippen LogP contribution < -0.4 is 11.1 Å². The molecule has 0 bridgehead atoms. The van der Waals surface area contributed by atoms with Crippen LogP contribution in [0.2, 0.25) is 0 Å². The summed E-state index contributed by atoms with van der Waals surface area (Å²) >= 11 is 1.88. The van der Waals surface area contributed by atoms with Gasteiger partial charge in [0.1, 0.15) is 0 Å². The second kappa shape index (κ2) is 5.61. The molecular weight excluding hydrogens is 246 g/mol. The lowest BCUT2D eigenvalue weighted by Crippen LogP contribution is -2.33. The number of carbonyl (C=O) groups is 1. The first kappa shape index (κ1) is 13.2. The van der Waals surface area contributed by atoms with Crippen molar-refractivity contribution in [2.24, 2.45) is 0 Å². The molecule has 2 atom stereocenters. The Hall–Kier alpha value is -1.23. The number of hydrogen-bond acceptors (Lipinski definition) is 4. The van der Waals surface area contributed by atoms with Crippen LogP contribution in [-0.2, 0) is 0 Å². The zero-order valence-corrected chi connectivity index (χ0v) is 11.6. The molecule has 1 aliphatic rings. The van der Waals surface area contributed by atoms with Gasteiger partial charge in [0.25, 0.3) is 5.91 Å². The Morgan fingerprint density at radius 1 is 1.56 bits per heavy atom. The highest BCUT2D eigenvalue weighted by molar-refractivity contribution is 7.99. The maximum atomic E-state index is 12.1. The minimum absolute atomic E-state index is 0.105. The maximum absolute atomic E-state index is 12.1. The molecule has 2 rings (SSSR count). The molecule has 4 nitrogen and oxygen atoms in total. The van der Waals surface area contributed by atoms with Gasteiger partial charge in [-0.3, -0.25) is 9.78 Å². The van der Waals surface area contributed by atoms with E-state index in [0.717, 1.165) is 18.5 Å². The van der Waals surface area contributed by atoms with Crippen molar-refractivity contribution in [3.63, 3.8) is 0 Å². The first-order valence-electron chi connectivity index (χ1n) is 6.16. The summed E-state index contributed by atoms with van der Waals surface area (Å²) in [4.78, 5) is 16.2. The van der Waals surface area contributed by atoms with Crippen molar-refractivity contribution in [3.05, 3.63) is 23.5 Å². The Morgan fingerprint density at radius 3 is 2.94 bits per heavy atom. The number of thioether (sulfide) groups is 1. The molecule has 0 spiro atoms. The zero-order valence-electron chi connectivity index (χ0n) is 10.8. The van der Waals surface area contributed by atoms with Crippen LogP contribution in [0.25, 0.3) is 0 Å². The molecule has 0 aromatic carbocycles. The first-order chi connectivity index (χ1) is 8.60. The number of aromatic nitrogens is 1. The van der Waals surface area contributed by atoms with E-state index < -0.39 is 0 Å². The van der Waals surface area contributed by atoms with E-state index in [4.69, 9.17) is 5.73 Å². The van der Waals surface area contributed by atoms with Gasteiger partial charge in [-0.2, -0.15) is 11.8 Å². The van der Waals surface area contributed by atoms with E-state index in [1.54, 1.807) is 12.3 Å². The molecule has 0 radical (unpaired) electrons. The second-order valence-electron chi connectivity index (χ2n) is 4.75. The van der Waals surface area contributed by atoms with Gasteiger partial charge in [-0.25, -0.2) is 0 Å². The van der Waals surface area contributed by atoms with Gasteiger partial charge in [0.2, 0.25) is 0 Å². The summed E-state index contributed by atoms with van der Waals surface area (Å²) in [5, 5.41) is 3.72. The van der Waals surface area contributed by atoms with E-state index in [2.05, 4.69) is 16.6 Å². The van der Waals surface area contributed by atoms with Gasteiger partial charge in [0.05, 0.1) is 5.56 Å². The number of hydrogen-bond donors (Lipinski definition) is 2. The molecule has 5 heteroatoms. The molecule has 1 fully saturated rings. The van der Waals surface area contributed by atoms with Crippen molar-refractivity contribution in [2.75, 3.05) is 12.0 Å². The van der Waals surface area contributed by atoms with E-state index >= 15 is 0 Å². The van der Waals surface area contributed by atoms with Gasteiger partial charge in [0, 0.05) is 28.9 Å². The summed E-state index contributed by atoms with van der Waals surface area (Å²) in [5.41, 5.74) is 7.65. The van der Waals surface area contributed by atoms with Crippen LogP contribution in [0.4, 0.5) is 5.69 Å². The highest BCUT2D eigenvalue weighted by Gasteiger charge is 2.25. The molecule has 18 heavy (non-hydrogen) atoms. The summed E-state index contributed by atoms with van der Waals surface area (Å²) in [6, 6.07) is 2.00. The Morgan fingerprint density at radius 2 is 2.33 bits per heavy atom. The molecule has 2 unspecified atom stereocenters. The molecule has 1 aromatic rings. The van der Waals surface area contributed by atoms with Crippen molar-refractivity contribution in [2.45, 2.75) is 37.5 Å². The van der Waals surface area contributed by atoms with E-state index in [1.807, 2.05) is 18.7 Å². The molecule has 3 N–H and O–H groups in total. The molecule has 1 saturated carbocycles. The van der Waals surface area contributed by atoms with Crippen molar-refractivity contribution in [1.29, 1.82) is 0 Å². The lowest BCUT2D eigenvalue weighted by atomic mass is 10.1. The molecule has 0 saturated heterocycles. The van der Waals surface area contributed by atoms with Crippen LogP contribution in [0.5, 0.6) is 0 Å². The number of pyridine rings is 1. The van der Waals surface area contributed by atoms with E-state index in [1.165, 1.54) is 6.42 Å². The van der Waals surface area contributed by atoms with Gasteiger partial charge < -0.3 is 11.1 Å². The van der Waals surface area contributed by atoms with E-state index in [0.29, 0.717) is 16.5 Å². The van der Waals surface area contributed by atoms with Crippen molar-refractivity contribution >= 4 is 23.4 Å². The van der Waals surface area contributed by atoms with Crippen LogP contribution in [-0.4, -0.2) is 28.4 Å². The number of carbonyl (C=O) groups excluding carboxylic acids is 1. The Kier molecular flexibility index (Phi) is 4.11. The largest absolute Gasteiger partial charge is 0.398 e. The van der Waals surface area contributed by atoms with Crippen molar-refractivity contribution < 1.29 is 4.79 Å². The molecule has 98 valence electrons. The van der Waals surface area contributed by atoms with E-state index in [-0.39, 0.29) is 11.9 Å². The third kappa shape index (κ3) is 2.96. The fraction of sp³-hybridized carbons (Fsp3) is 0.538. The van der Waals surface area contributed by atoms with Gasteiger partial charge >= 0.3 is 0 Å². The molecule has 1 aliphatic carbocycles. The van der Waals surface area contributed by atoms with Gasteiger partial charge in [0.15, 0.2) is 0 Å². The Balaban J connectivity index is 2.00. The standard InChI is InChI=1S/C13H19N3OS/c1-8-5-12(14)11(7-15-8)13(17)16-9-3-4-10(6-9)18-2/h5,7,9-10H,3-4,6H2,1-2H3,(H2,14,15)(H,16,17). The zero-order chi connectivity index (χ0) is 13.1. The average Bonchev–Trinajstić information content (AvgIpc) is 2.76. The topological polar surface area (TPSA) is 68.0 Å². The Bertz CT molecular complexity index is 450. The normalized spacial score (nSPS) is 23.0. The highest BCUT2D eigenvalue weighted by Crippen LogP contribution is 2.28. The number of nitrogens with one attached hydrogen (secondary N) is 1. The van der Waals surface area contributed by atoms with Crippen LogP contribution in [0, 0.1) is 6.92 Å².